The molecule has 0 radical (unpaired) electrons. The fraction of sp³-hybridized carbons (Fsp3) is 0.667. The lowest BCUT2D eigenvalue weighted by molar-refractivity contribution is 0.399. The molecule has 0 aromatic heterocycles. The highest BCUT2D eigenvalue weighted by Crippen LogP contribution is 2.25. The summed E-state index contributed by atoms with van der Waals surface area (Å²) in [6, 6.07) is 6.82. The first-order chi connectivity index (χ1) is 10.2. The first-order valence-corrected chi connectivity index (χ1v) is 9.06. The number of ether oxygens (including phenoxy) is 1. The van der Waals surface area contributed by atoms with Crippen molar-refractivity contribution in [3.8, 4) is 5.75 Å². The van der Waals surface area contributed by atoms with Gasteiger partial charge in [-0.3, -0.25) is 0 Å². The van der Waals surface area contributed by atoms with E-state index in [0.29, 0.717) is 6.04 Å². The highest BCUT2D eigenvalue weighted by Gasteiger charge is 2.12. The van der Waals surface area contributed by atoms with Gasteiger partial charge in [0.15, 0.2) is 0 Å². The van der Waals surface area contributed by atoms with Gasteiger partial charge in [-0.1, -0.05) is 55.5 Å². The average Bonchev–Trinajstić information content (AvgIpc) is 2.49. The Morgan fingerprint density at radius 1 is 1.14 bits per heavy atom. The van der Waals surface area contributed by atoms with E-state index >= 15 is 0 Å². The molecule has 21 heavy (non-hydrogen) atoms. The van der Waals surface area contributed by atoms with Crippen molar-refractivity contribution in [3.05, 3.63) is 28.2 Å². The largest absolute Gasteiger partial charge is 0.496 e. The second-order valence-corrected chi connectivity index (χ2v) is 6.58. The monoisotopic (exact) mass is 355 g/mol. The van der Waals surface area contributed by atoms with E-state index in [1.165, 1.54) is 44.1 Å². The Hall–Kier alpha value is -0.540. The van der Waals surface area contributed by atoms with E-state index in [0.717, 1.165) is 23.2 Å². The summed E-state index contributed by atoms with van der Waals surface area (Å²) in [5, 5.41) is 3.69. The van der Waals surface area contributed by atoms with Crippen LogP contribution in [0.2, 0.25) is 0 Å². The van der Waals surface area contributed by atoms with Gasteiger partial charge < -0.3 is 10.1 Å². The SMILES string of the molecule is CCCCCCC(Cc1cc(Br)ccc1OC)NCCC. The van der Waals surface area contributed by atoms with Crippen molar-refractivity contribution in [2.45, 2.75) is 64.8 Å². The molecule has 0 amide bonds. The number of nitrogens with one attached hydrogen (secondary N) is 1. The van der Waals surface area contributed by atoms with E-state index in [1.54, 1.807) is 7.11 Å². The molecule has 0 aliphatic carbocycles. The van der Waals surface area contributed by atoms with Crippen molar-refractivity contribution in [1.29, 1.82) is 0 Å². The van der Waals surface area contributed by atoms with E-state index < -0.39 is 0 Å². The minimum atomic E-state index is 0.546. The second-order valence-electron chi connectivity index (χ2n) is 5.66. The Balaban J connectivity index is 2.63. The summed E-state index contributed by atoms with van der Waals surface area (Å²) in [7, 11) is 1.75. The standard InChI is InChI=1S/C18H30BrNO/c1-4-6-7-8-9-17(20-12-5-2)14-15-13-16(19)10-11-18(15)21-3/h10-11,13,17,20H,4-9,12,14H2,1-3H3. The molecule has 1 N–H and O–H groups in total. The third-order valence-corrected chi connectivity index (χ3v) is 4.29. The lowest BCUT2D eigenvalue weighted by Crippen LogP contribution is -2.32. The summed E-state index contributed by atoms with van der Waals surface area (Å²) in [5.74, 6) is 0.995. The van der Waals surface area contributed by atoms with Crippen molar-refractivity contribution in [2.75, 3.05) is 13.7 Å². The zero-order valence-electron chi connectivity index (χ0n) is 13.8. The zero-order valence-corrected chi connectivity index (χ0v) is 15.3. The van der Waals surface area contributed by atoms with Gasteiger partial charge in [-0.2, -0.15) is 0 Å². The van der Waals surface area contributed by atoms with Crippen LogP contribution in [0.25, 0.3) is 0 Å². The molecule has 1 atom stereocenters. The van der Waals surface area contributed by atoms with Crippen LogP contribution in [0.1, 0.15) is 57.9 Å². The Morgan fingerprint density at radius 2 is 1.95 bits per heavy atom. The number of halogens is 1. The summed E-state index contributed by atoms with van der Waals surface area (Å²) < 4.78 is 6.62. The molecule has 1 unspecified atom stereocenters. The van der Waals surface area contributed by atoms with Crippen molar-refractivity contribution in [3.63, 3.8) is 0 Å². The molecule has 0 heterocycles. The summed E-state index contributed by atoms with van der Waals surface area (Å²) >= 11 is 3.57. The van der Waals surface area contributed by atoms with Gasteiger partial charge in [-0.15, -0.1) is 0 Å². The second kappa shape index (κ2) is 11.1. The molecule has 0 fully saturated rings. The van der Waals surface area contributed by atoms with E-state index in [9.17, 15) is 0 Å². The third-order valence-electron chi connectivity index (χ3n) is 3.80. The van der Waals surface area contributed by atoms with Crippen LogP contribution in [-0.2, 0) is 6.42 Å². The Labute approximate surface area is 138 Å². The topological polar surface area (TPSA) is 21.3 Å². The van der Waals surface area contributed by atoms with Gasteiger partial charge in [-0.25, -0.2) is 0 Å². The minimum absolute atomic E-state index is 0.546. The van der Waals surface area contributed by atoms with Gasteiger partial charge in [0.05, 0.1) is 7.11 Å². The molecule has 0 saturated carbocycles. The van der Waals surface area contributed by atoms with Gasteiger partial charge in [0, 0.05) is 10.5 Å². The molecule has 0 aliphatic heterocycles. The predicted octanol–water partition coefficient (Wildman–Crippen LogP) is 5.34. The van der Waals surface area contributed by atoms with Crippen molar-refractivity contribution < 1.29 is 4.74 Å². The summed E-state index contributed by atoms with van der Waals surface area (Å²) in [5.41, 5.74) is 1.29. The quantitative estimate of drug-likeness (QED) is 0.541. The Morgan fingerprint density at radius 3 is 2.62 bits per heavy atom. The summed E-state index contributed by atoms with van der Waals surface area (Å²) in [4.78, 5) is 0. The molecule has 2 nitrogen and oxygen atoms in total. The normalized spacial score (nSPS) is 12.4. The number of rotatable bonds is 11. The minimum Gasteiger partial charge on any atom is -0.496 e. The van der Waals surface area contributed by atoms with Gasteiger partial charge >= 0.3 is 0 Å². The van der Waals surface area contributed by atoms with E-state index in [-0.39, 0.29) is 0 Å². The van der Waals surface area contributed by atoms with Crippen molar-refractivity contribution >= 4 is 15.9 Å². The third kappa shape index (κ3) is 7.32. The number of hydrogen-bond acceptors (Lipinski definition) is 2. The molecular weight excluding hydrogens is 326 g/mol. The zero-order chi connectivity index (χ0) is 15.5. The van der Waals surface area contributed by atoms with Crippen LogP contribution in [0, 0.1) is 0 Å². The highest BCUT2D eigenvalue weighted by atomic mass is 79.9. The predicted molar refractivity (Wildman–Crippen MR) is 95.2 cm³/mol. The summed E-state index contributed by atoms with van der Waals surface area (Å²) in [6.07, 6.45) is 8.76. The van der Waals surface area contributed by atoms with E-state index in [2.05, 4.69) is 41.2 Å². The van der Waals surface area contributed by atoms with Crippen LogP contribution in [0.5, 0.6) is 5.75 Å². The fourth-order valence-corrected chi connectivity index (χ4v) is 3.02. The van der Waals surface area contributed by atoms with E-state index in [1.807, 2.05) is 12.1 Å². The Kier molecular flexibility index (Phi) is 9.77. The average molecular weight is 356 g/mol. The van der Waals surface area contributed by atoms with Crippen LogP contribution in [0.15, 0.2) is 22.7 Å². The number of unbranched alkanes of at least 4 members (excludes halogenated alkanes) is 3. The maximum absolute atomic E-state index is 5.50. The Bertz CT molecular complexity index is 395. The lowest BCUT2D eigenvalue weighted by Gasteiger charge is -2.20. The molecule has 1 aromatic carbocycles. The van der Waals surface area contributed by atoms with Crippen LogP contribution >= 0.6 is 15.9 Å². The molecule has 1 aromatic rings. The molecule has 0 aliphatic rings. The highest BCUT2D eigenvalue weighted by molar-refractivity contribution is 9.10. The van der Waals surface area contributed by atoms with Gasteiger partial charge in [-0.05, 0) is 49.6 Å². The smallest absolute Gasteiger partial charge is 0.122 e. The molecule has 0 saturated heterocycles. The molecule has 120 valence electrons. The van der Waals surface area contributed by atoms with Crippen LogP contribution in [0.4, 0.5) is 0 Å². The number of methoxy groups -OCH3 is 1. The van der Waals surface area contributed by atoms with Crippen molar-refractivity contribution in [2.24, 2.45) is 0 Å². The van der Waals surface area contributed by atoms with Gasteiger partial charge in [0.2, 0.25) is 0 Å². The molecule has 1 rings (SSSR count). The van der Waals surface area contributed by atoms with E-state index in [4.69, 9.17) is 4.74 Å². The van der Waals surface area contributed by atoms with Crippen LogP contribution in [0.3, 0.4) is 0 Å². The van der Waals surface area contributed by atoms with Crippen LogP contribution < -0.4 is 10.1 Å². The molecular formula is C18H30BrNO. The van der Waals surface area contributed by atoms with Crippen LogP contribution in [-0.4, -0.2) is 19.7 Å². The maximum Gasteiger partial charge on any atom is 0.122 e. The molecule has 0 bridgehead atoms. The van der Waals surface area contributed by atoms with Crippen molar-refractivity contribution in [1.82, 2.24) is 5.32 Å². The summed E-state index contributed by atoms with van der Waals surface area (Å²) in [6.45, 7) is 5.58. The number of benzene rings is 1. The van der Waals surface area contributed by atoms with Gasteiger partial charge in [0.25, 0.3) is 0 Å². The number of hydrogen-bond donors (Lipinski definition) is 1. The first kappa shape index (κ1) is 18.5. The van der Waals surface area contributed by atoms with Gasteiger partial charge in [0.1, 0.15) is 5.75 Å². The molecule has 0 spiro atoms. The maximum atomic E-state index is 5.50. The lowest BCUT2D eigenvalue weighted by atomic mass is 9.99. The fourth-order valence-electron chi connectivity index (χ4n) is 2.61. The molecule has 3 heteroatoms. The first-order valence-electron chi connectivity index (χ1n) is 8.27.